The third-order valence-corrected chi connectivity index (χ3v) is 4.96. The molecule has 0 aliphatic carbocycles. The average molecular weight is 356 g/mol. The van der Waals surface area contributed by atoms with Gasteiger partial charge in [-0.3, -0.25) is 9.59 Å². The number of carbonyl (C=O) groups excluding carboxylic acids is 2. The number of rotatable bonds is 4. The minimum Gasteiger partial charge on any atom is -0.348 e. The number of carbonyl (C=O) groups is 2. The molecule has 1 N–H and O–H groups in total. The molecule has 3 aromatic heterocycles. The number of nitrogens with one attached hydrogen (secondary N) is 1. The van der Waals surface area contributed by atoms with Crippen molar-refractivity contribution in [2.45, 2.75) is 13.0 Å². The van der Waals surface area contributed by atoms with E-state index in [1.54, 1.807) is 27.8 Å². The number of hydrogen-bond donors (Lipinski definition) is 1. The van der Waals surface area contributed by atoms with E-state index in [0.29, 0.717) is 18.0 Å². The summed E-state index contributed by atoms with van der Waals surface area (Å²) in [6.07, 6.45) is 0.253. The first-order valence-corrected chi connectivity index (χ1v) is 8.81. The van der Waals surface area contributed by atoms with Crippen LogP contribution in [0.25, 0.3) is 16.9 Å². The molecule has 1 aliphatic heterocycles. The molecular weight excluding hydrogens is 340 g/mol. The maximum Gasteiger partial charge on any atom is 0.225 e. The van der Waals surface area contributed by atoms with E-state index < -0.39 is 0 Å². The molecule has 3 aromatic rings. The lowest BCUT2D eigenvalue weighted by Crippen LogP contribution is -2.32. The molecule has 9 heteroatoms. The fraction of sp³-hybridized carbons (Fsp3) is 0.312. The average Bonchev–Trinajstić information content (AvgIpc) is 3.33. The van der Waals surface area contributed by atoms with Crippen molar-refractivity contribution in [3.05, 3.63) is 34.8 Å². The van der Waals surface area contributed by atoms with E-state index in [2.05, 4.69) is 20.6 Å². The van der Waals surface area contributed by atoms with Crippen LogP contribution in [-0.4, -0.2) is 50.1 Å². The Morgan fingerprint density at radius 2 is 2.24 bits per heavy atom. The lowest BCUT2D eigenvalue weighted by Gasteiger charge is -2.10. The first-order valence-electron chi connectivity index (χ1n) is 7.87. The van der Waals surface area contributed by atoms with Crippen LogP contribution in [0.5, 0.6) is 0 Å². The van der Waals surface area contributed by atoms with Gasteiger partial charge in [-0.25, -0.2) is 0 Å². The Morgan fingerprint density at radius 1 is 1.36 bits per heavy atom. The molecular formula is C16H16N6O2S. The maximum atomic E-state index is 12.3. The summed E-state index contributed by atoms with van der Waals surface area (Å²) in [4.78, 5) is 25.4. The number of hydrogen-bond acceptors (Lipinski definition) is 6. The van der Waals surface area contributed by atoms with E-state index in [-0.39, 0.29) is 30.7 Å². The second kappa shape index (κ2) is 6.25. The molecule has 0 unspecified atom stereocenters. The topological polar surface area (TPSA) is 92.5 Å². The fourth-order valence-corrected chi connectivity index (χ4v) is 3.51. The fourth-order valence-electron chi connectivity index (χ4n) is 2.86. The van der Waals surface area contributed by atoms with Gasteiger partial charge in [-0.15, -0.1) is 10.2 Å². The second-order valence-electron chi connectivity index (χ2n) is 6.01. The lowest BCUT2D eigenvalue weighted by molar-refractivity contribution is -0.128. The zero-order chi connectivity index (χ0) is 17.4. The summed E-state index contributed by atoms with van der Waals surface area (Å²) in [6.45, 7) is 0.667. The summed E-state index contributed by atoms with van der Waals surface area (Å²) in [5.41, 5.74) is 2.48. The Labute approximate surface area is 147 Å². The molecule has 0 spiro atoms. The van der Waals surface area contributed by atoms with Crippen molar-refractivity contribution in [3.8, 4) is 11.3 Å². The third-order valence-electron chi connectivity index (χ3n) is 4.28. The van der Waals surface area contributed by atoms with E-state index in [4.69, 9.17) is 0 Å². The Balaban J connectivity index is 1.51. The Kier molecular flexibility index (Phi) is 3.92. The SMILES string of the molecule is CN1C[C@@H](C(=O)NCc2nnc3ccc(-c4ccsc4)nn23)CC1=O. The highest BCUT2D eigenvalue weighted by Crippen LogP contribution is 2.20. The summed E-state index contributed by atoms with van der Waals surface area (Å²) in [5.74, 6) is 0.0858. The third kappa shape index (κ3) is 2.98. The quantitative estimate of drug-likeness (QED) is 0.751. The van der Waals surface area contributed by atoms with Crippen molar-refractivity contribution >= 4 is 28.8 Å². The molecule has 128 valence electrons. The van der Waals surface area contributed by atoms with Crippen LogP contribution in [0.2, 0.25) is 0 Å². The van der Waals surface area contributed by atoms with Crippen LogP contribution in [0, 0.1) is 5.92 Å². The van der Waals surface area contributed by atoms with Crippen molar-refractivity contribution in [2.75, 3.05) is 13.6 Å². The zero-order valence-corrected chi connectivity index (χ0v) is 14.4. The van der Waals surface area contributed by atoms with Gasteiger partial charge in [0.25, 0.3) is 0 Å². The van der Waals surface area contributed by atoms with Crippen molar-refractivity contribution in [1.82, 2.24) is 30.0 Å². The van der Waals surface area contributed by atoms with Gasteiger partial charge in [-0.1, -0.05) is 0 Å². The van der Waals surface area contributed by atoms with Crippen LogP contribution in [0.3, 0.4) is 0 Å². The van der Waals surface area contributed by atoms with Crippen LogP contribution in [-0.2, 0) is 16.1 Å². The Morgan fingerprint density at radius 3 is 2.96 bits per heavy atom. The lowest BCUT2D eigenvalue weighted by atomic mass is 10.1. The van der Waals surface area contributed by atoms with Crippen LogP contribution < -0.4 is 5.32 Å². The van der Waals surface area contributed by atoms with E-state index in [1.165, 1.54) is 0 Å². The molecule has 1 aliphatic rings. The molecule has 4 rings (SSSR count). The van der Waals surface area contributed by atoms with Gasteiger partial charge in [0, 0.05) is 31.0 Å². The van der Waals surface area contributed by atoms with Gasteiger partial charge in [0.15, 0.2) is 11.5 Å². The summed E-state index contributed by atoms with van der Waals surface area (Å²) in [6, 6.07) is 5.75. The summed E-state index contributed by atoms with van der Waals surface area (Å²) in [7, 11) is 1.71. The number of likely N-dealkylation sites (tertiary alicyclic amines) is 1. The number of aromatic nitrogens is 4. The summed E-state index contributed by atoms with van der Waals surface area (Å²) < 4.78 is 1.64. The highest BCUT2D eigenvalue weighted by atomic mass is 32.1. The molecule has 2 amide bonds. The van der Waals surface area contributed by atoms with Crippen LogP contribution in [0.4, 0.5) is 0 Å². The molecule has 1 saturated heterocycles. The van der Waals surface area contributed by atoms with Gasteiger partial charge in [0.1, 0.15) is 0 Å². The van der Waals surface area contributed by atoms with E-state index >= 15 is 0 Å². The summed E-state index contributed by atoms with van der Waals surface area (Å²) in [5, 5.41) is 19.6. The molecule has 4 heterocycles. The van der Waals surface area contributed by atoms with Gasteiger partial charge in [0.2, 0.25) is 11.8 Å². The molecule has 0 saturated carbocycles. The minimum atomic E-state index is -0.314. The number of thiophene rings is 1. The highest BCUT2D eigenvalue weighted by Gasteiger charge is 2.32. The van der Waals surface area contributed by atoms with Crippen molar-refractivity contribution in [3.63, 3.8) is 0 Å². The summed E-state index contributed by atoms with van der Waals surface area (Å²) >= 11 is 1.61. The van der Waals surface area contributed by atoms with Crippen molar-refractivity contribution in [2.24, 2.45) is 5.92 Å². The standard InChI is InChI=1S/C16H16N6O2S/c1-21-8-11(6-15(21)23)16(24)17-7-14-19-18-13-3-2-12(20-22(13)14)10-4-5-25-9-10/h2-5,9,11H,6-8H2,1H3,(H,17,24)/t11-/m0/s1. The van der Waals surface area contributed by atoms with E-state index in [0.717, 1.165) is 11.3 Å². The first kappa shape index (κ1) is 15.7. The second-order valence-corrected chi connectivity index (χ2v) is 6.79. The largest absolute Gasteiger partial charge is 0.348 e. The normalized spacial score (nSPS) is 17.4. The van der Waals surface area contributed by atoms with Crippen LogP contribution in [0.15, 0.2) is 29.0 Å². The minimum absolute atomic E-state index is 0.00449. The molecule has 0 radical (unpaired) electrons. The van der Waals surface area contributed by atoms with Crippen molar-refractivity contribution in [1.29, 1.82) is 0 Å². The van der Waals surface area contributed by atoms with Gasteiger partial charge in [-0.2, -0.15) is 21.0 Å². The van der Waals surface area contributed by atoms with Gasteiger partial charge >= 0.3 is 0 Å². The molecule has 0 bridgehead atoms. The first-order chi connectivity index (χ1) is 12.1. The highest BCUT2D eigenvalue weighted by molar-refractivity contribution is 7.08. The number of amides is 2. The number of fused-ring (bicyclic) bond motifs is 1. The number of nitrogens with zero attached hydrogens (tertiary/aromatic N) is 5. The molecule has 25 heavy (non-hydrogen) atoms. The maximum absolute atomic E-state index is 12.3. The molecule has 1 fully saturated rings. The van der Waals surface area contributed by atoms with Gasteiger partial charge in [-0.05, 0) is 23.6 Å². The van der Waals surface area contributed by atoms with Gasteiger partial charge < -0.3 is 10.2 Å². The monoisotopic (exact) mass is 356 g/mol. The predicted octanol–water partition coefficient (Wildman–Crippen LogP) is 0.947. The smallest absolute Gasteiger partial charge is 0.225 e. The molecule has 0 aromatic carbocycles. The molecule has 1 atom stereocenters. The van der Waals surface area contributed by atoms with Crippen LogP contribution in [0.1, 0.15) is 12.2 Å². The predicted molar refractivity (Wildman–Crippen MR) is 91.7 cm³/mol. The van der Waals surface area contributed by atoms with Gasteiger partial charge in [0.05, 0.1) is 18.2 Å². The molecule has 8 nitrogen and oxygen atoms in total. The Bertz CT molecular complexity index is 935. The van der Waals surface area contributed by atoms with E-state index in [9.17, 15) is 9.59 Å². The van der Waals surface area contributed by atoms with E-state index in [1.807, 2.05) is 29.0 Å². The zero-order valence-electron chi connectivity index (χ0n) is 13.5. The van der Waals surface area contributed by atoms with Crippen LogP contribution >= 0.6 is 11.3 Å². The van der Waals surface area contributed by atoms with Crippen molar-refractivity contribution < 1.29 is 9.59 Å². The Hall–Kier alpha value is -2.81.